The van der Waals surface area contributed by atoms with Crippen molar-refractivity contribution in [2.45, 2.75) is 26.8 Å². The van der Waals surface area contributed by atoms with E-state index in [0.717, 1.165) is 12.0 Å². The average molecular weight is 254 g/mol. The second-order valence-electron chi connectivity index (χ2n) is 4.32. The van der Waals surface area contributed by atoms with Crippen molar-refractivity contribution in [3.8, 4) is 0 Å². The van der Waals surface area contributed by atoms with Crippen LogP contribution >= 0.6 is 0 Å². The van der Waals surface area contributed by atoms with Crippen LogP contribution < -0.4 is 0 Å². The van der Waals surface area contributed by atoms with Crippen molar-refractivity contribution in [3.63, 3.8) is 0 Å². The average Bonchev–Trinajstić information content (AvgIpc) is 2.93. The van der Waals surface area contributed by atoms with Gasteiger partial charge in [-0.05, 0) is 36.6 Å². The second-order valence-corrected chi connectivity index (χ2v) is 4.32. The number of aromatic nitrogens is 2. The molecule has 0 bridgehead atoms. The number of hydrogen-bond donors (Lipinski definition) is 0. The maximum Gasteiger partial charge on any atom is 0.203 e. The topological polar surface area (TPSA) is 34.9 Å². The minimum Gasteiger partial charge on any atom is -0.288 e. The lowest BCUT2D eigenvalue weighted by molar-refractivity contribution is 0.103. The quantitative estimate of drug-likeness (QED) is 0.605. The zero-order chi connectivity index (χ0) is 13.7. The Morgan fingerprint density at radius 1 is 1.21 bits per heavy atom. The van der Waals surface area contributed by atoms with Gasteiger partial charge in [0.05, 0.1) is 0 Å². The van der Waals surface area contributed by atoms with E-state index in [1.807, 2.05) is 25.1 Å². The highest BCUT2D eigenvalue weighted by Crippen LogP contribution is 2.08. The molecule has 0 radical (unpaired) electrons. The Kier molecular flexibility index (Phi) is 4.29. The molecule has 0 amide bonds. The number of rotatable bonds is 5. The van der Waals surface area contributed by atoms with E-state index >= 15 is 0 Å². The van der Waals surface area contributed by atoms with E-state index in [0.29, 0.717) is 12.2 Å². The van der Waals surface area contributed by atoms with Crippen LogP contribution in [0.4, 0.5) is 0 Å². The molecule has 0 saturated carbocycles. The van der Waals surface area contributed by atoms with Crippen molar-refractivity contribution in [1.29, 1.82) is 0 Å². The molecule has 0 saturated heterocycles. The van der Waals surface area contributed by atoms with Crippen molar-refractivity contribution in [2.75, 3.05) is 0 Å². The van der Waals surface area contributed by atoms with E-state index in [2.05, 4.69) is 24.2 Å². The van der Waals surface area contributed by atoms with Gasteiger partial charge in [-0.1, -0.05) is 37.3 Å². The molecule has 3 heteroatoms. The summed E-state index contributed by atoms with van der Waals surface area (Å²) >= 11 is 0. The third kappa shape index (κ3) is 3.19. The van der Waals surface area contributed by atoms with E-state index in [-0.39, 0.29) is 5.78 Å². The van der Waals surface area contributed by atoms with Crippen molar-refractivity contribution >= 4 is 11.9 Å². The normalized spacial score (nSPS) is 11.1. The fraction of sp³-hybridized carbons (Fsp3) is 0.250. The number of hydrogen-bond acceptors (Lipinski definition) is 2. The Morgan fingerprint density at radius 3 is 2.58 bits per heavy atom. The molecule has 1 aromatic carbocycles. The highest BCUT2D eigenvalue weighted by atomic mass is 16.1. The maximum atomic E-state index is 12.0. The zero-order valence-electron chi connectivity index (χ0n) is 11.3. The molecule has 2 rings (SSSR count). The number of benzene rings is 1. The lowest BCUT2D eigenvalue weighted by Gasteiger charge is -2.00. The first kappa shape index (κ1) is 13.3. The Balaban J connectivity index is 2.11. The number of carbonyl (C=O) groups is 1. The van der Waals surface area contributed by atoms with E-state index in [1.54, 1.807) is 23.0 Å². The monoisotopic (exact) mass is 254 g/mol. The third-order valence-corrected chi connectivity index (χ3v) is 3.08. The second kappa shape index (κ2) is 6.14. The van der Waals surface area contributed by atoms with E-state index in [1.165, 1.54) is 5.56 Å². The van der Waals surface area contributed by atoms with Gasteiger partial charge in [-0.15, -0.1) is 0 Å². The fourth-order valence-corrected chi connectivity index (χ4v) is 1.92. The molecule has 2 aromatic rings. The summed E-state index contributed by atoms with van der Waals surface area (Å²) in [5, 5.41) is 4.10. The minimum atomic E-state index is -0.0149. The van der Waals surface area contributed by atoms with Gasteiger partial charge in [0, 0.05) is 12.7 Å². The van der Waals surface area contributed by atoms with Crippen LogP contribution in [0.15, 0.2) is 42.6 Å². The fourth-order valence-electron chi connectivity index (χ4n) is 1.92. The van der Waals surface area contributed by atoms with Crippen molar-refractivity contribution in [1.82, 2.24) is 9.78 Å². The van der Waals surface area contributed by atoms with Crippen LogP contribution in [-0.2, 0) is 13.0 Å². The number of aryl methyl sites for hydroxylation is 2. The van der Waals surface area contributed by atoms with E-state index in [9.17, 15) is 4.79 Å². The Bertz CT molecular complexity index is 579. The van der Waals surface area contributed by atoms with E-state index < -0.39 is 0 Å². The highest BCUT2D eigenvalue weighted by Gasteiger charge is 2.07. The lowest BCUT2D eigenvalue weighted by atomic mass is 10.1. The lowest BCUT2D eigenvalue weighted by Crippen LogP contribution is -2.07. The van der Waals surface area contributed by atoms with Gasteiger partial charge in [0.15, 0.2) is 0 Å². The summed E-state index contributed by atoms with van der Waals surface area (Å²) in [7, 11) is 0. The Labute approximate surface area is 113 Å². The van der Waals surface area contributed by atoms with Crippen LogP contribution in [-0.4, -0.2) is 15.6 Å². The molecule has 0 fully saturated rings. The van der Waals surface area contributed by atoms with Crippen LogP contribution in [0.25, 0.3) is 6.08 Å². The molecule has 0 aliphatic heterocycles. The standard InChI is InChI=1S/C16H18N2O/c1-3-13-5-7-14(8-6-13)9-10-16(19)15-11-12-17-18(15)4-2/h5-12H,3-4H2,1-2H3/b10-9+. The molecule has 3 nitrogen and oxygen atoms in total. The van der Waals surface area contributed by atoms with E-state index in [4.69, 9.17) is 0 Å². The molecule has 0 unspecified atom stereocenters. The number of carbonyl (C=O) groups excluding carboxylic acids is 1. The molecular weight excluding hydrogens is 236 g/mol. The van der Waals surface area contributed by atoms with Gasteiger partial charge in [0.1, 0.15) is 5.69 Å². The van der Waals surface area contributed by atoms with Crippen molar-refractivity contribution in [3.05, 3.63) is 59.4 Å². The molecule has 0 aliphatic carbocycles. The molecule has 0 atom stereocenters. The molecule has 1 heterocycles. The maximum absolute atomic E-state index is 12.0. The molecular formula is C16H18N2O. The molecule has 98 valence electrons. The summed E-state index contributed by atoms with van der Waals surface area (Å²) in [6, 6.07) is 9.97. The van der Waals surface area contributed by atoms with Gasteiger partial charge < -0.3 is 0 Å². The first-order valence-corrected chi connectivity index (χ1v) is 6.57. The Morgan fingerprint density at radius 2 is 1.95 bits per heavy atom. The Hall–Kier alpha value is -2.16. The summed E-state index contributed by atoms with van der Waals surface area (Å²) in [5.74, 6) is -0.0149. The smallest absolute Gasteiger partial charge is 0.203 e. The highest BCUT2D eigenvalue weighted by molar-refractivity contribution is 6.05. The van der Waals surface area contributed by atoms with Crippen LogP contribution in [0.2, 0.25) is 0 Å². The van der Waals surface area contributed by atoms with Crippen LogP contribution in [0, 0.1) is 0 Å². The van der Waals surface area contributed by atoms with Crippen LogP contribution in [0.5, 0.6) is 0 Å². The molecule has 0 spiro atoms. The molecule has 0 aliphatic rings. The SMILES string of the molecule is CCc1ccc(/C=C/C(=O)c2ccnn2CC)cc1. The summed E-state index contributed by atoms with van der Waals surface area (Å²) in [6.45, 7) is 4.80. The first-order chi connectivity index (χ1) is 9.24. The minimum absolute atomic E-state index is 0.0149. The summed E-state index contributed by atoms with van der Waals surface area (Å²) in [4.78, 5) is 12.0. The van der Waals surface area contributed by atoms with Crippen molar-refractivity contribution in [2.24, 2.45) is 0 Å². The first-order valence-electron chi connectivity index (χ1n) is 6.57. The third-order valence-electron chi connectivity index (χ3n) is 3.08. The number of nitrogens with zero attached hydrogens (tertiary/aromatic N) is 2. The number of ketones is 1. The largest absolute Gasteiger partial charge is 0.288 e. The summed E-state index contributed by atoms with van der Waals surface area (Å²) in [5.41, 5.74) is 2.96. The molecule has 1 aromatic heterocycles. The van der Waals surface area contributed by atoms with Crippen LogP contribution in [0.3, 0.4) is 0 Å². The number of allylic oxidation sites excluding steroid dienone is 1. The van der Waals surface area contributed by atoms with Crippen LogP contribution in [0.1, 0.15) is 35.5 Å². The van der Waals surface area contributed by atoms with Gasteiger partial charge in [0.2, 0.25) is 5.78 Å². The molecule has 19 heavy (non-hydrogen) atoms. The predicted octanol–water partition coefficient (Wildman–Crippen LogP) is 3.36. The van der Waals surface area contributed by atoms with Crippen molar-refractivity contribution < 1.29 is 4.79 Å². The zero-order valence-corrected chi connectivity index (χ0v) is 11.3. The van der Waals surface area contributed by atoms with Gasteiger partial charge >= 0.3 is 0 Å². The molecule has 0 N–H and O–H groups in total. The summed E-state index contributed by atoms with van der Waals surface area (Å²) in [6.07, 6.45) is 6.12. The summed E-state index contributed by atoms with van der Waals surface area (Å²) < 4.78 is 1.70. The van der Waals surface area contributed by atoms with Gasteiger partial charge in [-0.2, -0.15) is 5.10 Å². The predicted molar refractivity (Wildman–Crippen MR) is 77.1 cm³/mol. The van der Waals surface area contributed by atoms with Gasteiger partial charge in [-0.25, -0.2) is 0 Å². The van der Waals surface area contributed by atoms with Gasteiger partial charge in [0.25, 0.3) is 0 Å². The van der Waals surface area contributed by atoms with Gasteiger partial charge in [-0.3, -0.25) is 9.48 Å².